The molecule has 0 radical (unpaired) electrons. The Kier molecular flexibility index (Phi) is 6.27. The Hall–Kier alpha value is -0.960. The van der Waals surface area contributed by atoms with Crippen LogP contribution in [0, 0.1) is 0 Å². The van der Waals surface area contributed by atoms with E-state index in [1.807, 2.05) is 7.05 Å². The molecule has 102 valence electrons. The molecule has 0 spiro atoms. The molecule has 0 fully saturated rings. The van der Waals surface area contributed by atoms with Crippen LogP contribution in [0.15, 0.2) is 21.7 Å². The molecule has 0 saturated carbocycles. The summed E-state index contributed by atoms with van der Waals surface area (Å²) in [6, 6.07) is 3.15. The lowest BCUT2D eigenvalue weighted by molar-refractivity contribution is -0.119. The minimum Gasteiger partial charge on any atom is -0.355 e. The van der Waals surface area contributed by atoms with Crippen LogP contribution in [0.2, 0.25) is 0 Å². The molecular weight excluding hydrogens is 274 g/mol. The fourth-order valence-corrected chi connectivity index (χ4v) is 3.22. The largest absolute Gasteiger partial charge is 0.355 e. The minimum atomic E-state index is -3.55. The Morgan fingerprint density at radius 2 is 2.17 bits per heavy atom. The zero-order valence-corrected chi connectivity index (χ0v) is 11.7. The van der Waals surface area contributed by atoms with E-state index >= 15 is 0 Å². The van der Waals surface area contributed by atoms with Crippen LogP contribution in [0.5, 0.6) is 0 Å². The number of hydrogen-bond acceptors (Lipinski definition) is 5. The van der Waals surface area contributed by atoms with Crippen molar-refractivity contribution in [3.63, 3.8) is 0 Å². The molecule has 8 heteroatoms. The van der Waals surface area contributed by atoms with Crippen molar-refractivity contribution in [1.29, 1.82) is 0 Å². The van der Waals surface area contributed by atoms with Crippen LogP contribution in [0.3, 0.4) is 0 Å². The van der Waals surface area contributed by atoms with Gasteiger partial charge in [-0.3, -0.25) is 4.79 Å². The van der Waals surface area contributed by atoms with Crippen molar-refractivity contribution >= 4 is 27.3 Å². The molecule has 1 rings (SSSR count). The number of sulfonamides is 1. The molecule has 1 amide bonds. The summed E-state index contributed by atoms with van der Waals surface area (Å²) in [4.78, 5) is 11.4. The third-order valence-corrected chi connectivity index (χ3v) is 4.91. The lowest BCUT2D eigenvalue weighted by atomic mass is 10.4. The number of hydrogen-bond donors (Lipinski definition) is 3. The third-order valence-electron chi connectivity index (χ3n) is 2.11. The van der Waals surface area contributed by atoms with Gasteiger partial charge in [0.15, 0.2) is 0 Å². The van der Waals surface area contributed by atoms with Gasteiger partial charge in [0.2, 0.25) is 5.91 Å². The van der Waals surface area contributed by atoms with Crippen molar-refractivity contribution in [2.45, 2.75) is 10.6 Å². The summed E-state index contributed by atoms with van der Waals surface area (Å²) in [5.41, 5.74) is 0. The Labute approximate surface area is 111 Å². The molecule has 6 nitrogen and oxygen atoms in total. The summed E-state index contributed by atoms with van der Waals surface area (Å²) >= 11 is 1.12. The van der Waals surface area contributed by atoms with Gasteiger partial charge in [-0.1, -0.05) is 6.07 Å². The van der Waals surface area contributed by atoms with Crippen LogP contribution < -0.4 is 15.4 Å². The smallest absolute Gasteiger partial charge is 0.250 e. The average Bonchev–Trinajstić information content (AvgIpc) is 2.87. The van der Waals surface area contributed by atoms with E-state index in [1.165, 1.54) is 6.07 Å². The van der Waals surface area contributed by atoms with Gasteiger partial charge in [-0.2, -0.15) is 0 Å². The van der Waals surface area contributed by atoms with Gasteiger partial charge < -0.3 is 10.6 Å². The summed E-state index contributed by atoms with van der Waals surface area (Å²) < 4.78 is 25.8. The molecule has 0 aromatic carbocycles. The highest BCUT2D eigenvalue weighted by Crippen LogP contribution is 2.14. The van der Waals surface area contributed by atoms with Gasteiger partial charge in [-0.05, 0) is 31.5 Å². The number of rotatable bonds is 8. The fourth-order valence-electron chi connectivity index (χ4n) is 1.20. The number of carbonyl (C=O) groups is 1. The summed E-state index contributed by atoms with van der Waals surface area (Å²) in [5.74, 6) is -0.328. The number of thiophene rings is 1. The highest BCUT2D eigenvalue weighted by atomic mass is 32.2. The highest BCUT2D eigenvalue weighted by molar-refractivity contribution is 7.91. The second-order valence-electron chi connectivity index (χ2n) is 3.56. The normalized spacial score (nSPS) is 11.4. The Morgan fingerprint density at radius 3 is 2.78 bits per heavy atom. The van der Waals surface area contributed by atoms with Crippen molar-refractivity contribution in [2.24, 2.45) is 0 Å². The van der Waals surface area contributed by atoms with Crippen LogP contribution >= 0.6 is 11.3 Å². The Bertz CT molecular complexity index is 457. The predicted octanol–water partition coefficient (Wildman–Crippen LogP) is -0.248. The first-order chi connectivity index (χ1) is 8.56. The quantitative estimate of drug-likeness (QED) is 0.577. The second kappa shape index (κ2) is 7.47. The Balaban J connectivity index is 2.30. The molecule has 0 saturated heterocycles. The second-order valence-corrected chi connectivity index (χ2v) is 6.51. The highest BCUT2D eigenvalue weighted by Gasteiger charge is 2.15. The molecule has 1 heterocycles. The van der Waals surface area contributed by atoms with E-state index < -0.39 is 10.0 Å². The van der Waals surface area contributed by atoms with E-state index in [2.05, 4.69) is 15.4 Å². The van der Waals surface area contributed by atoms with Gasteiger partial charge in [0.25, 0.3) is 10.0 Å². The number of nitrogens with one attached hydrogen (secondary N) is 3. The maximum Gasteiger partial charge on any atom is 0.250 e. The summed E-state index contributed by atoms with van der Waals surface area (Å²) in [5, 5.41) is 7.26. The molecule has 0 unspecified atom stereocenters. The average molecular weight is 291 g/mol. The van der Waals surface area contributed by atoms with Crippen molar-refractivity contribution in [1.82, 2.24) is 15.4 Å². The maximum atomic E-state index is 11.7. The maximum absolute atomic E-state index is 11.7. The van der Waals surface area contributed by atoms with Crippen LogP contribution in [0.4, 0.5) is 0 Å². The standard InChI is InChI=1S/C10H17N3O3S2/c1-11-5-3-6-12-9(14)8-13-18(15,16)10-4-2-7-17-10/h2,4,7,11,13H,3,5-6,8H2,1H3,(H,12,14). The molecule has 0 atom stereocenters. The van der Waals surface area contributed by atoms with E-state index in [9.17, 15) is 13.2 Å². The summed E-state index contributed by atoms with van der Waals surface area (Å²) in [6.07, 6.45) is 0.805. The lowest BCUT2D eigenvalue weighted by Gasteiger charge is -2.06. The van der Waals surface area contributed by atoms with Gasteiger partial charge in [-0.15, -0.1) is 11.3 Å². The predicted molar refractivity (Wildman–Crippen MR) is 71.1 cm³/mol. The first-order valence-electron chi connectivity index (χ1n) is 5.51. The van der Waals surface area contributed by atoms with Crippen molar-refractivity contribution in [3.8, 4) is 0 Å². The van der Waals surface area contributed by atoms with Gasteiger partial charge >= 0.3 is 0 Å². The van der Waals surface area contributed by atoms with Crippen LogP contribution in [-0.4, -0.2) is 41.0 Å². The number of amides is 1. The zero-order valence-electron chi connectivity index (χ0n) is 10.1. The monoisotopic (exact) mass is 291 g/mol. The molecule has 0 aliphatic carbocycles. The molecule has 0 bridgehead atoms. The van der Waals surface area contributed by atoms with Gasteiger partial charge in [0.1, 0.15) is 4.21 Å². The van der Waals surface area contributed by atoms with Crippen LogP contribution in [0.1, 0.15) is 6.42 Å². The van der Waals surface area contributed by atoms with Crippen molar-refractivity contribution in [3.05, 3.63) is 17.5 Å². The van der Waals surface area contributed by atoms with E-state index in [-0.39, 0.29) is 16.7 Å². The first-order valence-corrected chi connectivity index (χ1v) is 7.87. The SMILES string of the molecule is CNCCCNC(=O)CNS(=O)(=O)c1cccs1. The van der Waals surface area contributed by atoms with Gasteiger partial charge in [0.05, 0.1) is 6.54 Å². The van der Waals surface area contributed by atoms with Gasteiger partial charge in [-0.25, -0.2) is 13.1 Å². The third kappa shape index (κ3) is 5.13. The lowest BCUT2D eigenvalue weighted by Crippen LogP contribution is -2.37. The van der Waals surface area contributed by atoms with Crippen molar-refractivity contribution in [2.75, 3.05) is 26.7 Å². The van der Waals surface area contributed by atoms with E-state index in [0.717, 1.165) is 24.3 Å². The summed E-state index contributed by atoms with van der Waals surface area (Å²) in [6.45, 7) is 1.10. The molecular formula is C10H17N3O3S2. The topological polar surface area (TPSA) is 87.3 Å². The Morgan fingerprint density at radius 1 is 1.39 bits per heavy atom. The minimum absolute atomic E-state index is 0.213. The van der Waals surface area contributed by atoms with E-state index in [4.69, 9.17) is 0 Å². The fraction of sp³-hybridized carbons (Fsp3) is 0.500. The van der Waals surface area contributed by atoms with Crippen LogP contribution in [0.25, 0.3) is 0 Å². The zero-order chi connectivity index (χ0) is 13.4. The van der Waals surface area contributed by atoms with Crippen LogP contribution in [-0.2, 0) is 14.8 Å². The first kappa shape index (κ1) is 15.1. The molecule has 0 aliphatic heterocycles. The molecule has 0 aliphatic rings. The summed E-state index contributed by atoms with van der Waals surface area (Å²) in [7, 11) is -1.72. The molecule has 1 aromatic rings. The molecule has 3 N–H and O–H groups in total. The van der Waals surface area contributed by atoms with E-state index in [0.29, 0.717) is 6.54 Å². The molecule has 1 aromatic heterocycles. The van der Waals surface area contributed by atoms with Crippen molar-refractivity contribution < 1.29 is 13.2 Å². The van der Waals surface area contributed by atoms with E-state index in [1.54, 1.807) is 11.4 Å². The molecule has 18 heavy (non-hydrogen) atoms. The number of carbonyl (C=O) groups excluding carboxylic acids is 1. The van der Waals surface area contributed by atoms with Gasteiger partial charge in [0, 0.05) is 6.54 Å².